The number of rotatable bonds is 5. The number of nitrogens with one attached hydrogen (secondary N) is 2. The second-order valence-corrected chi connectivity index (χ2v) is 6.67. The SMILES string of the molecule is CCc1nc(NC(=O)c2ccc([C@@](C)(O)CO)cc2)cc2[nH]cc(C)c12. The fourth-order valence-electron chi connectivity index (χ4n) is 2.99. The molecule has 26 heavy (non-hydrogen) atoms. The zero-order chi connectivity index (χ0) is 18.9. The molecule has 0 fully saturated rings. The number of benzene rings is 1. The molecule has 1 aromatic carbocycles. The Labute approximate surface area is 151 Å². The Hall–Kier alpha value is -2.70. The van der Waals surface area contributed by atoms with Crippen molar-refractivity contribution in [1.29, 1.82) is 0 Å². The van der Waals surface area contributed by atoms with Gasteiger partial charge in [-0.1, -0.05) is 19.1 Å². The number of carbonyl (C=O) groups excluding carboxylic acids is 1. The zero-order valence-electron chi connectivity index (χ0n) is 15.1. The molecule has 1 atom stereocenters. The highest BCUT2D eigenvalue weighted by Gasteiger charge is 2.22. The minimum Gasteiger partial charge on any atom is -0.393 e. The quantitative estimate of drug-likeness (QED) is 0.567. The summed E-state index contributed by atoms with van der Waals surface area (Å²) in [5, 5.41) is 23.2. The van der Waals surface area contributed by atoms with E-state index in [4.69, 9.17) is 0 Å². The lowest BCUT2D eigenvalue weighted by molar-refractivity contribution is -0.00229. The third-order valence-corrected chi connectivity index (χ3v) is 4.59. The lowest BCUT2D eigenvalue weighted by atomic mass is 9.96. The molecule has 6 nitrogen and oxygen atoms in total. The molecule has 2 aromatic heterocycles. The van der Waals surface area contributed by atoms with Crippen LogP contribution in [0.5, 0.6) is 0 Å². The Bertz CT molecular complexity index is 943. The second kappa shape index (κ2) is 6.90. The van der Waals surface area contributed by atoms with Crippen molar-refractivity contribution in [1.82, 2.24) is 9.97 Å². The van der Waals surface area contributed by atoms with Crippen molar-refractivity contribution < 1.29 is 15.0 Å². The lowest BCUT2D eigenvalue weighted by Crippen LogP contribution is -2.25. The normalized spacial score (nSPS) is 13.6. The van der Waals surface area contributed by atoms with Gasteiger partial charge < -0.3 is 20.5 Å². The average molecular weight is 353 g/mol. The molecule has 136 valence electrons. The summed E-state index contributed by atoms with van der Waals surface area (Å²) in [6.45, 7) is 5.19. The number of aromatic nitrogens is 2. The molecule has 0 saturated carbocycles. The Morgan fingerprint density at radius 2 is 2.00 bits per heavy atom. The Morgan fingerprint density at radius 1 is 1.31 bits per heavy atom. The molecule has 4 N–H and O–H groups in total. The highest BCUT2D eigenvalue weighted by atomic mass is 16.3. The first-order valence-electron chi connectivity index (χ1n) is 8.58. The van der Waals surface area contributed by atoms with Crippen molar-refractivity contribution in [2.45, 2.75) is 32.8 Å². The van der Waals surface area contributed by atoms with Gasteiger partial charge in [0.1, 0.15) is 11.4 Å². The van der Waals surface area contributed by atoms with Crippen LogP contribution in [0.3, 0.4) is 0 Å². The number of pyridine rings is 1. The van der Waals surface area contributed by atoms with Crippen molar-refractivity contribution in [2.75, 3.05) is 11.9 Å². The largest absolute Gasteiger partial charge is 0.393 e. The summed E-state index contributed by atoms with van der Waals surface area (Å²) < 4.78 is 0. The molecular weight excluding hydrogens is 330 g/mol. The van der Waals surface area contributed by atoms with E-state index in [1.165, 1.54) is 6.92 Å². The number of H-pyrrole nitrogens is 1. The number of aliphatic hydroxyl groups excluding tert-OH is 1. The van der Waals surface area contributed by atoms with Crippen molar-refractivity contribution in [3.05, 3.63) is 58.9 Å². The molecule has 0 saturated heterocycles. The van der Waals surface area contributed by atoms with Gasteiger partial charge in [0.2, 0.25) is 0 Å². The van der Waals surface area contributed by atoms with Crippen LogP contribution >= 0.6 is 0 Å². The molecular formula is C20H23N3O3. The molecule has 3 aromatic rings. The molecule has 0 aliphatic rings. The summed E-state index contributed by atoms with van der Waals surface area (Å²) in [5.41, 5.74) is 2.68. The first-order chi connectivity index (χ1) is 12.4. The maximum atomic E-state index is 12.5. The van der Waals surface area contributed by atoms with Crippen LogP contribution in [0.1, 0.15) is 41.0 Å². The van der Waals surface area contributed by atoms with Gasteiger partial charge in [0, 0.05) is 23.2 Å². The van der Waals surface area contributed by atoms with Crippen LogP contribution in [0.15, 0.2) is 36.5 Å². The molecule has 2 heterocycles. The van der Waals surface area contributed by atoms with Gasteiger partial charge in [0.15, 0.2) is 0 Å². The Morgan fingerprint density at radius 3 is 2.62 bits per heavy atom. The van der Waals surface area contributed by atoms with E-state index in [0.717, 1.165) is 28.6 Å². The van der Waals surface area contributed by atoms with Crippen LogP contribution in [0, 0.1) is 6.92 Å². The molecule has 0 radical (unpaired) electrons. The van der Waals surface area contributed by atoms with Crippen LogP contribution in [-0.4, -0.2) is 32.7 Å². The van der Waals surface area contributed by atoms with Gasteiger partial charge >= 0.3 is 0 Å². The monoisotopic (exact) mass is 353 g/mol. The van der Waals surface area contributed by atoms with Crippen molar-refractivity contribution >= 4 is 22.6 Å². The standard InChI is InChI=1S/C20H23N3O3/c1-4-15-18-12(2)10-21-16(18)9-17(22-15)23-19(25)13-5-7-14(8-6-13)20(3,26)11-24/h5-10,21,24,26H,4,11H2,1-3H3,(H,22,23,25)/t20-/m0/s1. The molecule has 0 aliphatic carbocycles. The van der Waals surface area contributed by atoms with Gasteiger partial charge in [-0.2, -0.15) is 0 Å². The molecule has 0 spiro atoms. The number of fused-ring (bicyclic) bond motifs is 1. The summed E-state index contributed by atoms with van der Waals surface area (Å²) in [7, 11) is 0. The number of anilines is 1. The number of carbonyl (C=O) groups is 1. The number of aryl methyl sites for hydroxylation is 2. The van der Waals surface area contributed by atoms with E-state index >= 15 is 0 Å². The summed E-state index contributed by atoms with van der Waals surface area (Å²) in [6, 6.07) is 8.32. The minimum absolute atomic E-state index is 0.280. The van der Waals surface area contributed by atoms with E-state index in [-0.39, 0.29) is 5.91 Å². The van der Waals surface area contributed by atoms with Crippen molar-refractivity contribution in [3.63, 3.8) is 0 Å². The number of amides is 1. The summed E-state index contributed by atoms with van der Waals surface area (Å²) in [6.07, 6.45) is 2.70. The number of aliphatic hydroxyl groups is 2. The lowest BCUT2D eigenvalue weighted by Gasteiger charge is -2.20. The van der Waals surface area contributed by atoms with E-state index in [1.54, 1.807) is 24.3 Å². The predicted molar refractivity (Wildman–Crippen MR) is 101 cm³/mol. The highest BCUT2D eigenvalue weighted by Crippen LogP contribution is 2.25. The fourth-order valence-corrected chi connectivity index (χ4v) is 2.99. The molecule has 0 unspecified atom stereocenters. The smallest absolute Gasteiger partial charge is 0.256 e. The van der Waals surface area contributed by atoms with E-state index in [1.807, 2.05) is 26.1 Å². The van der Waals surface area contributed by atoms with Crippen LogP contribution in [0.2, 0.25) is 0 Å². The van der Waals surface area contributed by atoms with E-state index < -0.39 is 12.2 Å². The molecule has 0 aliphatic heterocycles. The third-order valence-electron chi connectivity index (χ3n) is 4.59. The topological polar surface area (TPSA) is 98.2 Å². The summed E-state index contributed by atoms with van der Waals surface area (Å²) in [5.74, 6) is 0.213. The molecule has 0 bridgehead atoms. The molecule has 1 amide bonds. The molecule has 6 heteroatoms. The maximum absolute atomic E-state index is 12.5. The third kappa shape index (κ3) is 3.34. The summed E-state index contributed by atoms with van der Waals surface area (Å²) in [4.78, 5) is 20.3. The molecule has 3 rings (SSSR count). The summed E-state index contributed by atoms with van der Waals surface area (Å²) >= 11 is 0. The van der Waals surface area contributed by atoms with Gasteiger partial charge in [0.05, 0.1) is 17.8 Å². The van der Waals surface area contributed by atoms with E-state index in [2.05, 4.69) is 15.3 Å². The van der Waals surface area contributed by atoms with Gasteiger partial charge in [-0.15, -0.1) is 0 Å². The predicted octanol–water partition coefficient (Wildman–Crippen LogP) is 2.89. The number of aromatic amines is 1. The fraction of sp³-hybridized carbons (Fsp3) is 0.300. The number of hydrogen-bond donors (Lipinski definition) is 4. The van der Waals surface area contributed by atoms with Gasteiger partial charge in [0.25, 0.3) is 5.91 Å². The maximum Gasteiger partial charge on any atom is 0.256 e. The minimum atomic E-state index is -1.33. The van der Waals surface area contributed by atoms with Crippen molar-refractivity contribution in [3.8, 4) is 0 Å². The Kier molecular flexibility index (Phi) is 4.80. The first kappa shape index (κ1) is 18.1. The van der Waals surface area contributed by atoms with Crippen LogP contribution in [0.25, 0.3) is 10.9 Å². The average Bonchev–Trinajstić information content (AvgIpc) is 3.02. The van der Waals surface area contributed by atoms with Crippen LogP contribution in [0.4, 0.5) is 5.82 Å². The number of hydrogen-bond acceptors (Lipinski definition) is 4. The van der Waals surface area contributed by atoms with E-state index in [9.17, 15) is 15.0 Å². The van der Waals surface area contributed by atoms with Gasteiger partial charge in [-0.3, -0.25) is 4.79 Å². The highest BCUT2D eigenvalue weighted by molar-refractivity contribution is 6.04. The van der Waals surface area contributed by atoms with Crippen molar-refractivity contribution in [2.24, 2.45) is 0 Å². The zero-order valence-corrected chi connectivity index (χ0v) is 15.1. The van der Waals surface area contributed by atoms with Gasteiger partial charge in [-0.25, -0.2) is 4.98 Å². The van der Waals surface area contributed by atoms with Gasteiger partial charge in [-0.05, 0) is 43.5 Å². The van der Waals surface area contributed by atoms with E-state index in [0.29, 0.717) is 16.9 Å². The second-order valence-electron chi connectivity index (χ2n) is 6.67. The van der Waals surface area contributed by atoms with Crippen LogP contribution in [-0.2, 0) is 12.0 Å². The Balaban J connectivity index is 1.85. The number of nitrogens with zero attached hydrogens (tertiary/aromatic N) is 1. The van der Waals surface area contributed by atoms with Crippen LogP contribution < -0.4 is 5.32 Å². The first-order valence-corrected chi connectivity index (χ1v) is 8.58.